The van der Waals surface area contributed by atoms with Crippen LogP contribution in [0.25, 0.3) is 0 Å². The summed E-state index contributed by atoms with van der Waals surface area (Å²) in [7, 11) is 0. The number of rotatable bonds is 2. The van der Waals surface area contributed by atoms with Crippen molar-refractivity contribution in [3.05, 3.63) is 23.3 Å². The third kappa shape index (κ3) is 1.45. The van der Waals surface area contributed by atoms with Gasteiger partial charge in [0.1, 0.15) is 13.2 Å². The predicted octanol–water partition coefficient (Wildman–Crippen LogP) is 1.83. The average Bonchev–Trinajstić information content (AvgIpc) is 2.27. The van der Waals surface area contributed by atoms with Crippen LogP contribution in [-0.2, 0) is 6.42 Å². The van der Waals surface area contributed by atoms with Gasteiger partial charge in [0.15, 0.2) is 17.8 Å². The molecule has 1 heterocycles. The molecule has 0 spiro atoms. The molecule has 1 aromatic rings. The molecule has 0 radical (unpaired) electrons. The maximum atomic E-state index is 10.8. The van der Waals surface area contributed by atoms with Gasteiger partial charge in [0, 0.05) is 0 Å². The SMILES string of the molecule is CCc1cc(C=O)c2c(c1)OCCO2. The molecular weight excluding hydrogens is 180 g/mol. The van der Waals surface area contributed by atoms with E-state index in [-0.39, 0.29) is 0 Å². The van der Waals surface area contributed by atoms with Crippen molar-refractivity contribution in [3.63, 3.8) is 0 Å². The first-order valence-electron chi connectivity index (χ1n) is 4.73. The number of benzene rings is 1. The molecule has 0 saturated carbocycles. The van der Waals surface area contributed by atoms with Crippen LogP contribution < -0.4 is 9.47 Å². The highest BCUT2D eigenvalue weighted by molar-refractivity contribution is 5.81. The number of hydrogen-bond acceptors (Lipinski definition) is 3. The van der Waals surface area contributed by atoms with Crippen LogP contribution in [0.5, 0.6) is 11.5 Å². The normalized spacial score (nSPS) is 13.8. The summed E-state index contributed by atoms with van der Waals surface area (Å²) < 4.78 is 10.8. The number of aryl methyl sites for hydroxylation is 1. The summed E-state index contributed by atoms with van der Waals surface area (Å²) in [5, 5.41) is 0. The molecular formula is C11H12O3. The van der Waals surface area contributed by atoms with E-state index in [9.17, 15) is 4.79 Å². The Bertz CT molecular complexity index is 358. The summed E-state index contributed by atoms with van der Waals surface area (Å²) in [5.74, 6) is 1.28. The fourth-order valence-corrected chi connectivity index (χ4v) is 1.53. The molecule has 0 atom stereocenters. The minimum atomic E-state index is 0.513. The Labute approximate surface area is 82.6 Å². The van der Waals surface area contributed by atoms with Crippen molar-refractivity contribution in [2.45, 2.75) is 13.3 Å². The van der Waals surface area contributed by atoms with E-state index >= 15 is 0 Å². The zero-order valence-electron chi connectivity index (χ0n) is 8.08. The molecule has 2 rings (SSSR count). The van der Waals surface area contributed by atoms with Crippen LogP contribution in [-0.4, -0.2) is 19.5 Å². The van der Waals surface area contributed by atoms with E-state index in [0.717, 1.165) is 18.3 Å². The van der Waals surface area contributed by atoms with E-state index < -0.39 is 0 Å². The van der Waals surface area contributed by atoms with Gasteiger partial charge < -0.3 is 9.47 Å². The Morgan fingerprint density at radius 2 is 2.14 bits per heavy atom. The van der Waals surface area contributed by atoms with Gasteiger partial charge in [-0.15, -0.1) is 0 Å². The largest absolute Gasteiger partial charge is 0.486 e. The second-order valence-corrected chi connectivity index (χ2v) is 3.18. The molecule has 0 bridgehead atoms. The molecule has 0 amide bonds. The standard InChI is InChI=1S/C11H12O3/c1-2-8-5-9(7-12)11-10(6-8)13-3-4-14-11/h5-7H,2-4H2,1H3. The maximum Gasteiger partial charge on any atom is 0.171 e. The molecule has 1 aliphatic rings. The van der Waals surface area contributed by atoms with E-state index in [1.54, 1.807) is 0 Å². The van der Waals surface area contributed by atoms with Crippen LogP contribution >= 0.6 is 0 Å². The molecule has 3 nitrogen and oxygen atoms in total. The monoisotopic (exact) mass is 192 g/mol. The first-order chi connectivity index (χ1) is 6.85. The number of fused-ring (bicyclic) bond motifs is 1. The van der Waals surface area contributed by atoms with E-state index in [0.29, 0.717) is 30.3 Å². The van der Waals surface area contributed by atoms with Crippen molar-refractivity contribution in [2.24, 2.45) is 0 Å². The lowest BCUT2D eigenvalue weighted by Gasteiger charge is -2.20. The fraction of sp³-hybridized carbons (Fsp3) is 0.364. The minimum Gasteiger partial charge on any atom is -0.486 e. The molecule has 0 saturated heterocycles. The molecule has 0 unspecified atom stereocenters. The highest BCUT2D eigenvalue weighted by Gasteiger charge is 2.16. The van der Waals surface area contributed by atoms with E-state index in [1.165, 1.54) is 0 Å². The zero-order chi connectivity index (χ0) is 9.97. The van der Waals surface area contributed by atoms with Crippen LogP contribution in [0.2, 0.25) is 0 Å². The number of carbonyl (C=O) groups is 1. The molecule has 1 aromatic carbocycles. The van der Waals surface area contributed by atoms with Gasteiger partial charge in [0.05, 0.1) is 5.56 Å². The molecule has 74 valence electrons. The first-order valence-corrected chi connectivity index (χ1v) is 4.73. The second kappa shape index (κ2) is 3.70. The molecule has 14 heavy (non-hydrogen) atoms. The maximum absolute atomic E-state index is 10.8. The summed E-state index contributed by atoms with van der Waals surface area (Å²) in [6.07, 6.45) is 1.70. The van der Waals surface area contributed by atoms with Crippen LogP contribution in [0.3, 0.4) is 0 Å². The van der Waals surface area contributed by atoms with E-state index in [1.807, 2.05) is 19.1 Å². The average molecular weight is 192 g/mol. The van der Waals surface area contributed by atoms with Crippen LogP contribution in [0.4, 0.5) is 0 Å². The molecule has 0 fully saturated rings. The number of ether oxygens (including phenoxy) is 2. The van der Waals surface area contributed by atoms with Crippen molar-refractivity contribution < 1.29 is 14.3 Å². The number of hydrogen-bond donors (Lipinski definition) is 0. The Morgan fingerprint density at radius 3 is 2.86 bits per heavy atom. The first kappa shape index (κ1) is 9.06. The van der Waals surface area contributed by atoms with E-state index in [2.05, 4.69) is 0 Å². The predicted molar refractivity (Wildman–Crippen MR) is 52.2 cm³/mol. The molecule has 3 heteroatoms. The van der Waals surface area contributed by atoms with Gasteiger partial charge in [-0.05, 0) is 24.1 Å². The van der Waals surface area contributed by atoms with Gasteiger partial charge in [-0.1, -0.05) is 6.92 Å². The molecule has 0 aliphatic carbocycles. The lowest BCUT2D eigenvalue weighted by Crippen LogP contribution is -2.16. The Balaban J connectivity index is 2.52. The third-order valence-corrected chi connectivity index (χ3v) is 2.27. The van der Waals surface area contributed by atoms with Crippen molar-refractivity contribution >= 4 is 6.29 Å². The van der Waals surface area contributed by atoms with Crippen molar-refractivity contribution in [3.8, 4) is 11.5 Å². The summed E-state index contributed by atoms with van der Waals surface area (Å²) in [5.41, 5.74) is 1.68. The van der Waals surface area contributed by atoms with Gasteiger partial charge in [0.2, 0.25) is 0 Å². The quantitative estimate of drug-likeness (QED) is 0.670. The van der Waals surface area contributed by atoms with Crippen LogP contribution in [0, 0.1) is 0 Å². The summed E-state index contributed by atoms with van der Waals surface area (Å²) in [6, 6.07) is 3.78. The lowest BCUT2D eigenvalue weighted by molar-refractivity contribution is 0.111. The zero-order valence-corrected chi connectivity index (χ0v) is 8.08. The number of aldehydes is 1. The van der Waals surface area contributed by atoms with Gasteiger partial charge >= 0.3 is 0 Å². The van der Waals surface area contributed by atoms with Gasteiger partial charge in [-0.25, -0.2) is 0 Å². The second-order valence-electron chi connectivity index (χ2n) is 3.18. The smallest absolute Gasteiger partial charge is 0.171 e. The lowest BCUT2D eigenvalue weighted by atomic mass is 10.1. The highest BCUT2D eigenvalue weighted by atomic mass is 16.6. The summed E-state index contributed by atoms with van der Waals surface area (Å²) >= 11 is 0. The van der Waals surface area contributed by atoms with E-state index in [4.69, 9.17) is 9.47 Å². The van der Waals surface area contributed by atoms with Crippen molar-refractivity contribution in [1.29, 1.82) is 0 Å². The fourth-order valence-electron chi connectivity index (χ4n) is 1.53. The van der Waals surface area contributed by atoms with Gasteiger partial charge in [-0.3, -0.25) is 4.79 Å². The van der Waals surface area contributed by atoms with Crippen molar-refractivity contribution in [1.82, 2.24) is 0 Å². The molecule has 1 aliphatic heterocycles. The highest BCUT2D eigenvalue weighted by Crippen LogP contribution is 2.34. The van der Waals surface area contributed by atoms with Crippen LogP contribution in [0.15, 0.2) is 12.1 Å². The van der Waals surface area contributed by atoms with Gasteiger partial charge in [-0.2, -0.15) is 0 Å². The summed E-state index contributed by atoms with van der Waals surface area (Å²) in [6.45, 7) is 3.11. The molecule has 0 aromatic heterocycles. The minimum absolute atomic E-state index is 0.513. The van der Waals surface area contributed by atoms with Crippen LogP contribution in [0.1, 0.15) is 22.8 Å². The Hall–Kier alpha value is -1.51. The Kier molecular flexibility index (Phi) is 2.39. The van der Waals surface area contributed by atoms with Gasteiger partial charge in [0.25, 0.3) is 0 Å². The Morgan fingerprint density at radius 1 is 1.36 bits per heavy atom. The molecule has 0 N–H and O–H groups in total. The van der Waals surface area contributed by atoms with Crippen molar-refractivity contribution in [2.75, 3.05) is 13.2 Å². The summed E-state index contributed by atoms with van der Waals surface area (Å²) in [4.78, 5) is 10.8. The topological polar surface area (TPSA) is 35.5 Å². The third-order valence-electron chi connectivity index (χ3n) is 2.27. The number of carbonyl (C=O) groups excluding carboxylic acids is 1.